The fourth-order valence-corrected chi connectivity index (χ4v) is 1.19. The van der Waals surface area contributed by atoms with E-state index in [1.165, 1.54) is 6.07 Å². The van der Waals surface area contributed by atoms with Crippen molar-refractivity contribution in [2.24, 2.45) is 0 Å². The minimum absolute atomic E-state index is 0.0225. The minimum atomic E-state index is -4.38. The quantitative estimate of drug-likeness (QED) is 0.689. The number of alkyl halides is 3. The first-order chi connectivity index (χ1) is 6.94. The van der Waals surface area contributed by atoms with E-state index in [9.17, 15) is 17.6 Å². The zero-order valence-electron chi connectivity index (χ0n) is 7.31. The molecule has 0 N–H and O–H groups in total. The molecule has 0 amide bonds. The van der Waals surface area contributed by atoms with Gasteiger partial charge >= 0.3 is 6.18 Å². The molecule has 0 aliphatic heterocycles. The smallest absolute Gasteiger partial charge is 0.397 e. The van der Waals surface area contributed by atoms with Crippen LogP contribution >= 0.6 is 0 Å². The summed E-state index contributed by atoms with van der Waals surface area (Å²) >= 11 is 0. The van der Waals surface area contributed by atoms with Gasteiger partial charge in [-0.1, -0.05) is 0 Å². The summed E-state index contributed by atoms with van der Waals surface area (Å²) < 4.78 is 53.4. The van der Waals surface area contributed by atoms with Crippen molar-refractivity contribution < 1.29 is 22.0 Å². The van der Waals surface area contributed by atoms with Crippen LogP contribution in [0.3, 0.4) is 0 Å². The molecule has 0 aliphatic rings. The molecule has 2 nitrogen and oxygen atoms in total. The number of halogens is 4. The van der Waals surface area contributed by atoms with Gasteiger partial charge in [0.15, 0.2) is 5.58 Å². The van der Waals surface area contributed by atoms with E-state index >= 15 is 0 Å². The molecule has 0 aliphatic carbocycles. The Bertz CT molecular complexity index is 488. The third-order valence-electron chi connectivity index (χ3n) is 1.75. The predicted octanol–water partition coefficient (Wildman–Crippen LogP) is 3.07. The van der Waals surface area contributed by atoms with Crippen LogP contribution in [-0.4, -0.2) is 11.2 Å². The van der Waals surface area contributed by atoms with Crippen LogP contribution in [0.1, 0.15) is 5.89 Å². The molecule has 1 heterocycles. The Hall–Kier alpha value is -1.59. The van der Waals surface area contributed by atoms with Gasteiger partial charge in [-0.2, -0.15) is 13.2 Å². The summed E-state index contributed by atoms with van der Waals surface area (Å²) in [7, 11) is 0. The number of nitrogens with zero attached hydrogens (tertiary/aromatic N) is 1. The number of fused-ring (bicyclic) bond motifs is 1. The van der Waals surface area contributed by atoms with Crippen molar-refractivity contribution in [1.29, 1.82) is 0 Å². The van der Waals surface area contributed by atoms with Crippen molar-refractivity contribution in [1.82, 2.24) is 4.98 Å². The van der Waals surface area contributed by atoms with Crippen LogP contribution in [0.4, 0.5) is 17.6 Å². The van der Waals surface area contributed by atoms with Gasteiger partial charge in [-0.15, -0.1) is 0 Å². The summed E-state index contributed by atoms with van der Waals surface area (Å²) in [5.41, 5.74) is 0.241. The van der Waals surface area contributed by atoms with E-state index < -0.39 is 24.3 Å². The van der Waals surface area contributed by atoms with Crippen molar-refractivity contribution in [2.45, 2.75) is 12.6 Å². The van der Waals surface area contributed by atoms with Crippen molar-refractivity contribution in [3.63, 3.8) is 0 Å². The first-order valence-electron chi connectivity index (χ1n) is 4.06. The maximum absolute atomic E-state index is 12.7. The molecule has 1 aromatic carbocycles. The first kappa shape index (κ1) is 9.95. The molecule has 6 heteroatoms. The van der Waals surface area contributed by atoms with Crippen molar-refractivity contribution in [3.05, 3.63) is 29.9 Å². The second-order valence-corrected chi connectivity index (χ2v) is 3.01. The van der Waals surface area contributed by atoms with Gasteiger partial charge in [-0.3, -0.25) is 0 Å². The van der Waals surface area contributed by atoms with Crippen LogP contribution in [-0.2, 0) is 6.42 Å². The Morgan fingerprint density at radius 3 is 2.67 bits per heavy atom. The van der Waals surface area contributed by atoms with Crippen LogP contribution in [0.2, 0.25) is 0 Å². The summed E-state index contributed by atoms with van der Waals surface area (Å²) in [6.07, 6.45) is -5.62. The average Bonchev–Trinajstić information content (AvgIpc) is 2.42. The fourth-order valence-electron chi connectivity index (χ4n) is 1.19. The van der Waals surface area contributed by atoms with E-state index in [2.05, 4.69) is 4.98 Å². The summed E-state index contributed by atoms with van der Waals surface area (Å²) in [5, 5.41) is 0. The average molecular weight is 219 g/mol. The van der Waals surface area contributed by atoms with Crippen LogP contribution < -0.4 is 0 Å². The van der Waals surface area contributed by atoms with Crippen LogP contribution in [0.25, 0.3) is 11.1 Å². The standard InChI is InChI=1S/C9H5F4NO/c10-5-1-2-6-7(3-5)15-8(14-6)4-9(11,12)13/h1-3H,4H2. The lowest BCUT2D eigenvalue weighted by Gasteiger charge is -2.00. The van der Waals surface area contributed by atoms with Crippen molar-refractivity contribution >= 4 is 11.1 Å². The Balaban J connectivity index is 2.39. The largest absolute Gasteiger partial charge is 0.440 e. The zero-order chi connectivity index (χ0) is 11.1. The second kappa shape index (κ2) is 3.22. The predicted molar refractivity (Wildman–Crippen MR) is 43.7 cm³/mol. The summed E-state index contributed by atoms with van der Waals surface area (Å²) in [6, 6.07) is 3.39. The molecule has 0 saturated heterocycles. The van der Waals surface area contributed by atoms with Gasteiger partial charge in [0.2, 0.25) is 5.89 Å². The minimum Gasteiger partial charge on any atom is -0.440 e. The third-order valence-corrected chi connectivity index (χ3v) is 1.75. The van der Waals surface area contributed by atoms with E-state index in [-0.39, 0.29) is 11.1 Å². The SMILES string of the molecule is Fc1ccc2nc(CC(F)(F)F)oc2c1. The second-order valence-electron chi connectivity index (χ2n) is 3.01. The molecule has 0 saturated carbocycles. The van der Waals surface area contributed by atoms with E-state index in [0.29, 0.717) is 0 Å². The van der Waals surface area contributed by atoms with Gasteiger partial charge in [0, 0.05) is 6.07 Å². The van der Waals surface area contributed by atoms with Gasteiger partial charge in [-0.25, -0.2) is 9.37 Å². The highest BCUT2D eigenvalue weighted by Gasteiger charge is 2.30. The molecule has 80 valence electrons. The van der Waals surface area contributed by atoms with Crippen LogP contribution in [0.5, 0.6) is 0 Å². The van der Waals surface area contributed by atoms with E-state index in [1.54, 1.807) is 0 Å². The Morgan fingerprint density at radius 1 is 1.27 bits per heavy atom. The lowest BCUT2D eigenvalue weighted by Crippen LogP contribution is -2.11. The molecule has 0 radical (unpaired) electrons. The molecule has 0 fully saturated rings. The summed E-state index contributed by atoms with van der Waals surface area (Å²) in [6.45, 7) is 0. The molecule has 2 rings (SSSR count). The summed E-state index contributed by atoms with van der Waals surface area (Å²) in [5.74, 6) is -1.03. The number of hydrogen-bond donors (Lipinski definition) is 0. The first-order valence-corrected chi connectivity index (χ1v) is 4.06. The molecule has 0 spiro atoms. The zero-order valence-corrected chi connectivity index (χ0v) is 7.31. The van der Waals surface area contributed by atoms with Gasteiger partial charge in [-0.05, 0) is 12.1 Å². The number of rotatable bonds is 1. The topological polar surface area (TPSA) is 26.0 Å². The van der Waals surface area contributed by atoms with Gasteiger partial charge in [0.05, 0.1) is 0 Å². The molecule has 1 aromatic heterocycles. The Kier molecular flexibility index (Phi) is 2.13. The lowest BCUT2D eigenvalue weighted by molar-refractivity contribution is -0.130. The van der Waals surface area contributed by atoms with Crippen molar-refractivity contribution in [3.8, 4) is 0 Å². The molecular formula is C9H5F4NO. The number of oxazole rings is 1. The number of hydrogen-bond acceptors (Lipinski definition) is 2. The van der Waals surface area contributed by atoms with Gasteiger partial charge in [0.1, 0.15) is 17.8 Å². The van der Waals surface area contributed by atoms with Crippen LogP contribution in [0.15, 0.2) is 22.6 Å². The molecule has 15 heavy (non-hydrogen) atoms. The van der Waals surface area contributed by atoms with E-state index in [1.807, 2.05) is 0 Å². The van der Waals surface area contributed by atoms with E-state index in [4.69, 9.17) is 4.42 Å². The maximum Gasteiger partial charge on any atom is 0.397 e. The normalized spacial score (nSPS) is 12.3. The highest BCUT2D eigenvalue weighted by Crippen LogP contribution is 2.24. The highest BCUT2D eigenvalue weighted by molar-refractivity contribution is 5.72. The monoisotopic (exact) mass is 219 g/mol. The molecule has 0 bridgehead atoms. The lowest BCUT2D eigenvalue weighted by atomic mass is 10.3. The Labute approximate surface area is 81.5 Å². The van der Waals surface area contributed by atoms with Crippen molar-refractivity contribution in [2.75, 3.05) is 0 Å². The molecule has 0 atom stereocenters. The van der Waals surface area contributed by atoms with Crippen LogP contribution in [0, 0.1) is 5.82 Å². The third kappa shape index (κ3) is 2.26. The maximum atomic E-state index is 12.7. The molecule has 0 unspecified atom stereocenters. The highest BCUT2D eigenvalue weighted by atomic mass is 19.4. The number of benzene rings is 1. The Morgan fingerprint density at radius 2 is 2.00 bits per heavy atom. The molecular weight excluding hydrogens is 214 g/mol. The van der Waals surface area contributed by atoms with Gasteiger partial charge in [0.25, 0.3) is 0 Å². The number of aromatic nitrogens is 1. The molecule has 2 aromatic rings. The van der Waals surface area contributed by atoms with E-state index in [0.717, 1.165) is 12.1 Å². The summed E-state index contributed by atoms with van der Waals surface area (Å²) in [4.78, 5) is 3.59. The van der Waals surface area contributed by atoms with Gasteiger partial charge < -0.3 is 4.42 Å². The fraction of sp³-hybridized carbons (Fsp3) is 0.222.